The highest BCUT2D eigenvalue weighted by Gasteiger charge is 2.25. The molecule has 5 nitrogen and oxygen atoms in total. The Morgan fingerprint density at radius 3 is 2.50 bits per heavy atom. The highest BCUT2D eigenvalue weighted by Crippen LogP contribution is 2.17. The summed E-state index contributed by atoms with van der Waals surface area (Å²) in [4.78, 5) is 19.5. The van der Waals surface area contributed by atoms with Crippen molar-refractivity contribution in [3.8, 4) is 6.07 Å². The lowest BCUT2D eigenvalue weighted by Crippen LogP contribution is -2.47. The molecule has 0 bridgehead atoms. The van der Waals surface area contributed by atoms with Gasteiger partial charge in [-0.2, -0.15) is 5.26 Å². The molecule has 26 heavy (non-hydrogen) atoms. The van der Waals surface area contributed by atoms with Crippen molar-refractivity contribution in [2.75, 3.05) is 39.3 Å². The van der Waals surface area contributed by atoms with Crippen molar-refractivity contribution < 1.29 is 4.79 Å². The third-order valence-electron chi connectivity index (χ3n) is 5.65. The highest BCUT2D eigenvalue weighted by atomic mass is 16.2. The maximum Gasteiger partial charge on any atom is 0.236 e. The molecule has 0 spiro atoms. The third-order valence-corrected chi connectivity index (χ3v) is 5.65. The fourth-order valence-electron chi connectivity index (χ4n) is 4.03. The zero-order chi connectivity index (χ0) is 18.4. The maximum atomic E-state index is 12.7. The Balaban J connectivity index is 1.48. The Morgan fingerprint density at radius 2 is 1.77 bits per heavy atom. The topological polar surface area (TPSA) is 50.6 Å². The molecule has 1 aromatic rings. The van der Waals surface area contributed by atoms with Crippen LogP contribution in [0.1, 0.15) is 43.7 Å². The second-order valence-electron chi connectivity index (χ2n) is 7.65. The van der Waals surface area contributed by atoms with E-state index in [9.17, 15) is 4.79 Å². The van der Waals surface area contributed by atoms with Gasteiger partial charge in [-0.1, -0.05) is 12.1 Å². The van der Waals surface area contributed by atoms with Crippen LogP contribution in [-0.4, -0.2) is 65.9 Å². The van der Waals surface area contributed by atoms with Crippen LogP contribution in [0.2, 0.25) is 0 Å². The van der Waals surface area contributed by atoms with Crippen LogP contribution in [0.4, 0.5) is 0 Å². The smallest absolute Gasteiger partial charge is 0.236 e. The van der Waals surface area contributed by atoms with Crippen molar-refractivity contribution in [1.29, 1.82) is 5.26 Å². The van der Waals surface area contributed by atoms with Crippen LogP contribution < -0.4 is 0 Å². The van der Waals surface area contributed by atoms with Gasteiger partial charge >= 0.3 is 0 Å². The van der Waals surface area contributed by atoms with Crippen LogP contribution in [0.15, 0.2) is 24.3 Å². The molecule has 2 saturated heterocycles. The lowest BCUT2D eigenvalue weighted by atomic mass is 10.0. The number of rotatable bonds is 4. The Labute approximate surface area is 157 Å². The third kappa shape index (κ3) is 5.06. The summed E-state index contributed by atoms with van der Waals surface area (Å²) in [5.41, 5.74) is 1.96. The SMILES string of the molecule is CC1CCCCN1C(=O)CN1CCCN(Cc2ccc(C#N)cc2)CC1. The number of hydrogen-bond acceptors (Lipinski definition) is 4. The second kappa shape index (κ2) is 9.16. The molecule has 2 aliphatic rings. The molecule has 0 saturated carbocycles. The van der Waals surface area contributed by atoms with E-state index in [1.165, 1.54) is 12.0 Å². The molecule has 5 heteroatoms. The fraction of sp³-hybridized carbons (Fsp3) is 0.619. The van der Waals surface area contributed by atoms with Crippen molar-refractivity contribution in [2.45, 2.75) is 45.2 Å². The number of piperidine rings is 1. The number of amides is 1. The number of carbonyl (C=O) groups is 1. The van der Waals surface area contributed by atoms with E-state index in [1.54, 1.807) is 0 Å². The van der Waals surface area contributed by atoms with Crippen LogP contribution in [0, 0.1) is 11.3 Å². The first kappa shape index (κ1) is 18.9. The largest absolute Gasteiger partial charge is 0.339 e. The van der Waals surface area contributed by atoms with Gasteiger partial charge in [-0.25, -0.2) is 0 Å². The number of carbonyl (C=O) groups excluding carboxylic acids is 1. The Kier molecular flexibility index (Phi) is 6.65. The minimum absolute atomic E-state index is 0.303. The monoisotopic (exact) mass is 354 g/mol. The summed E-state index contributed by atoms with van der Waals surface area (Å²) in [5.74, 6) is 0.303. The van der Waals surface area contributed by atoms with Gasteiger partial charge in [-0.3, -0.25) is 14.6 Å². The van der Waals surface area contributed by atoms with Crippen LogP contribution in [-0.2, 0) is 11.3 Å². The Bertz CT molecular complexity index is 636. The van der Waals surface area contributed by atoms with Gasteiger partial charge in [-0.15, -0.1) is 0 Å². The van der Waals surface area contributed by atoms with Gasteiger partial charge in [0.2, 0.25) is 5.91 Å². The summed E-state index contributed by atoms with van der Waals surface area (Å²) in [7, 11) is 0. The van der Waals surface area contributed by atoms with Crippen LogP contribution in [0.3, 0.4) is 0 Å². The molecule has 140 valence electrons. The van der Waals surface area contributed by atoms with Crippen molar-refractivity contribution in [3.63, 3.8) is 0 Å². The molecular formula is C21H30N4O. The summed E-state index contributed by atoms with van der Waals surface area (Å²) >= 11 is 0. The molecule has 3 rings (SSSR count). The molecule has 0 aliphatic carbocycles. The van der Waals surface area contributed by atoms with Crippen LogP contribution >= 0.6 is 0 Å². The summed E-state index contributed by atoms with van der Waals surface area (Å²) < 4.78 is 0. The van der Waals surface area contributed by atoms with E-state index >= 15 is 0 Å². The van der Waals surface area contributed by atoms with Gasteiger partial charge in [0.25, 0.3) is 0 Å². The molecule has 1 unspecified atom stereocenters. The van der Waals surface area contributed by atoms with Gasteiger partial charge in [-0.05, 0) is 63.4 Å². The minimum atomic E-state index is 0.303. The predicted molar refractivity (Wildman–Crippen MR) is 103 cm³/mol. The highest BCUT2D eigenvalue weighted by molar-refractivity contribution is 5.78. The van der Waals surface area contributed by atoms with Gasteiger partial charge in [0, 0.05) is 32.2 Å². The lowest BCUT2D eigenvalue weighted by molar-refractivity contribution is -0.135. The first-order valence-corrected chi connectivity index (χ1v) is 9.89. The first-order valence-electron chi connectivity index (χ1n) is 9.89. The standard InChI is InChI=1S/C21H30N4O/c1-18-5-2-3-12-25(18)21(26)17-24-11-4-10-23(13-14-24)16-20-8-6-19(15-22)7-9-20/h6-9,18H,2-5,10-14,16-17H2,1H3. The predicted octanol–water partition coefficient (Wildman–Crippen LogP) is 2.47. The summed E-state index contributed by atoms with van der Waals surface area (Å²) in [5, 5.41) is 8.90. The molecule has 2 aliphatic heterocycles. The van der Waals surface area contributed by atoms with Crippen LogP contribution in [0.25, 0.3) is 0 Å². The average molecular weight is 354 g/mol. The molecule has 0 radical (unpaired) electrons. The van der Waals surface area contributed by atoms with Gasteiger partial charge in [0.05, 0.1) is 18.2 Å². The van der Waals surface area contributed by atoms with E-state index < -0.39 is 0 Å². The Hall–Kier alpha value is -1.90. The number of nitriles is 1. The van der Waals surface area contributed by atoms with E-state index in [2.05, 4.69) is 27.7 Å². The minimum Gasteiger partial charge on any atom is -0.339 e. The Morgan fingerprint density at radius 1 is 1.04 bits per heavy atom. The van der Waals surface area contributed by atoms with Gasteiger partial charge in [0.15, 0.2) is 0 Å². The zero-order valence-electron chi connectivity index (χ0n) is 15.9. The molecule has 0 aromatic heterocycles. The molecule has 0 N–H and O–H groups in total. The van der Waals surface area contributed by atoms with E-state index in [-0.39, 0.29) is 0 Å². The normalized spacial score (nSPS) is 22.6. The molecule has 1 atom stereocenters. The molecule has 1 amide bonds. The number of benzene rings is 1. The number of hydrogen-bond donors (Lipinski definition) is 0. The molecule has 1 aromatic carbocycles. The quantitative estimate of drug-likeness (QED) is 0.833. The molecule has 2 heterocycles. The maximum absolute atomic E-state index is 12.7. The van der Waals surface area contributed by atoms with Crippen molar-refractivity contribution in [1.82, 2.24) is 14.7 Å². The zero-order valence-corrected chi connectivity index (χ0v) is 15.9. The number of nitrogens with zero attached hydrogens (tertiary/aromatic N) is 4. The van der Waals surface area contributed by atoms with Crippen molar-refractivity contribution in [3.05, 3.63) is 35.4 Å². The summed E-state index contributed by atoms with van der Waals surface area (Å²) in [6.45, 7) is 8.58. The van der Waals surface area contributed by atoms with E-state index in [1.807, 2.05) is 24.3 Å². The summed E-state index contributed by atoms with van der Waals surface area (Å²) in [6, 6.07) is 10.4. The van der Waals surface area contributed by atoms with Crippen molar-refractivity contribution in [2.24, 2.45) is 0 Å². The molecular weight excluding hydrogens is 324 g/mol. The first-order chi connectivity index (χ1) is 12.7. The van der Waals surface area contributed by atoms with E-state index in [0.717, 1.165) is 58.5 Å². The van der Waals surface area contributed by atoms with E-state index in [0.29, 0.717) is 24.1 Å². The fourth-order valence-corrected chi connectivity index (χ4v) is 4.03. The second-order valence-corrected chi connectivity index (χ2v) is 7.65. The average Bonchev–Trinajstić information content (AvgIpc) is 2.88. The van der Waals surface area contributed by atoms with E-state index in [4.69, 9.17) is 5.26 Å². The molecule has 2 fully saturated rings. The van der Waals surface area contributed by atoms with Gasteiger partial charge in [0.1, 0.15) is 0 Å². The lowest BCUT2D eigenvalue weighted by Gasteiger charge is -2.35. The van der Waals surface area contributed by atoms with Gasteiger partial charge < -0.3 is 4.90 Å². The van der Waals surface area contributed by atoms with Crippen LogP contribution in [0.5, 0.6) is 0 Å². The van der Waals surface area contributed by atoms with Crippen molar-refractivity contribution >= 4 is 5.91 Å². The number of likely N-dealkylation sites (tertiary alicyclic amines) is 1. The summed E-state index contributed by atoms with van der Waals surface area (Å²) in [6.07, 6.45) is 4.64.